The second-order valence-electron chi connectivity index (χ2n) is 9.05. The van der Waals surface area contributed by atoms with Crippen LogP contribution < -0.4 is 20.7 Å². The molecule has 0 bridgehead atoms. The summed E-state index contributed by atoms with van der Waals surface area (Å²) in [5, 5.41) is 17.4. The summed E-state index contributed by atoms with van der Waals surface area (Å²) in [6.07, 6.45) is 10.5. The summed E-state index contributed by atoms with van der Waals surface area (Å²) in [5.41, 5.74) is 0.454. The number of amides is 3. The lowest BCUT2D eigenvalue weighted by Gasteiger charge is -2.15. The predicted molar refractivity (Wildman–Crippen MR) is 146 cm³/mol. The summed E-state index contributed by atoms with van der Waals surface area (Å²) in [6.45, 7) is 5.85. The zero-order valence-corrected chi connectivity index (χ0v) is 22.3. The topological polar surface area (TPSA) is 109 Å². The highest BCUT2D eigenvalue weighted by Crippen LogP contribution is 2.23. The van der Waals surface area contributed by atoms with Crippen LogP contribution in [-0.2, 0) is 4.74 Å². The molecule has 3 amide bonds. The van der Waals surface area contributed by atoms with Crippen LogP contribution in [0.1, 0.15) is 82.0 Å². The molecule has 0 aliphatic heterocycles. The van der Waals surface area contributed by atoms with Gasteiger partial charge in [-0.2, -0.15) is 0 Å². The van der Waals surface area contributed by atoms with Gasteiger partial charge in [-0.1, -0.05) is 46.0 Å². The number of hydrogen-bond acceptors (Lipinski definition) is 5. The van der Waals surface area contributed by atoms with Crippen molar-refractivity contribution in [3.05, 3.63) is 54.1 Å². The Kier molecular flexibility index (Phi) is 14.6. The lowest BCUT2D eigenvalue weighted by Crippen LogP contribution is -2.42. The average Bonchev–Trinajstić information content (AvgIpc) is 2.90. The van der Waals surface area contributed by atoms with Gasteiger partial charge in [0.15, 0.2) is 0 Å². The number of nitrogens with one attached hydrogen (secondary N) is 3. The van der Waals surface area contributed by atoms with Crippen molar-refractivity contribution in [3.8, 4) is 17.2 Å². The Morgan fingerprint density at radius 1 is 0.811 bits per heavy atom. The summed E-state index contributed by atoms with van der Waals surface area (Å²) >= 11 is 0. The zero-order chi connectivity index (χ0) is 26.7. The first-order valence-corrected chi connectivity index (χ1v) is 13.5. The average molecular weight is 514 g/mol. The highest BCUT2D eigenvalue weighted by molar-refractivity contribution is 5.94. The second-order valence-corrected chi connectivity index (χ2v) is 9.05. The number of phenolic OH excluding ortho intramolecular Hbond substituents is 1. The first-order chi connectivity index (χ1) is 18.0. The molecule has 2 aromatic rings. The molecule has 0 spiro atoms. The van der Waals surface area contributed by atoms with Gasteiger partial charge in [-0.05, 0) is 74.2 Å². The molecule has 0 heterocycles. The van der Waals surface area contributed by atoms with Crippen LogP contribution in [0.5, 0.6) is 17.2 Å². The van der Waals surface area contributed by atoms with E-state index in [0.29, 0.717) is 29.7 Å². The molecule has 0 fully saturated rings. The van der Waals surface area contributed by atoms with Crippen molar-refractivity contribution in [1.82, 2.24) is 16.0 Å². The number of hydrogen-bond donors (Lipinski definition) is 4. The molecule has 204 valence electrons. The normalized spacial score (nSPS) is 11.5. The number of benzene rings is 2. The Hall–Kier alpha value is -3.26. The summed E-state index contributed by atoms with van der Waals surface area (Å²) in [5.74, 6) is 1.02. The van der Waals surface area contributed by atoms with Gasteiger partial charge in [-0.25, -0.2) is 4.79 Å². The maximum absolute atomic E-state index is 12.3. The summed E-state index contributed by atoms with van der Waals surface area (Å²) in [6, 6.07) is 12.7. The molecule has 2 rings (SSSR count). The van der Waals surface area contributed by atoms with Crippen LogP contribution in [0.15, 0.2) is 48.5 Å². The fourth-order valence-electron chi connectivity index (χ4n) is 3.75. The van der Waals surface area contributed by atoms with Gasteiger partial charge in [0, 0.05) is 18.7 Å². The molecule has 1 atom stereocenters. The fraction of sp³-hybridized carbons (Fsp3) is 0.517. The summed E-state index contributed by atoms with van der Waals surface area (Å²) in [4.78, 5) is 24.2. The standard InChI is InChI=1S/C29H43N3O5/c1-3-5-8-11-25(4-2)36-21-10-7-6-9-20-30-29(35)32-22-31-28(34)23-12-16-26(17-13-23)37-27-18-14-24(33)15-19-27/h12-19,25,33H,3-11,20-22H2,1-2H3,(H,31,34)(H2,30,32,35). The van der Waals surface area contributed by atoms with E-state index in [1.807, 2.05) is 0 Å². The van der Waals surface area contributed by atoms with Crippen LogP contribution in [-0.4, -0.2) is 43.0 Å². The Morgan fingerprint density at radius 2 is 1.49 bits per heavy atom. The molecule has 0 aliphatic rings. The van der Waals surface area contributed by atoms with Gasteiger partial charge in [0.05, 0.1) is 12.8 Å². The van der Waals surface area contributed by atoms with Crippen molar-refractivity contribution in [2.75, 3.05) is 19.8 Å². The summed E-state index contributed by atoms with van der Waals surface area (Å²) < 4.78 is 11.7. The van der Waals surface area contributed by atoms with Crippen molar-refractivity contribution < 1.29 is 24.2 Å². The second kappa shape index (κ2) is 18.1. The van der Waals surface area contributed by atoms with Crippen LogP contribution in [0.3, 0.4) is 0 Å². The molecule has 0 aliphatic carbocycles. The lowest BCUT2D eigenvalue weighted by atomic mass is 10.1. The third-order valence-electron chi connectivity index (χ3n) is 5.98. The molecule has 0 radical (unpaired) electrons. The van der Waals surface area contributed by atoms with Crippen LogP contribution in [0.2, 0.25) is 0 Å². The van der Waals surface area contributed by atoms with Gasteiger partial charge in [-0.3, -0.25) is 4.79 Å². The van der Waals surface area contributed by atoms with E-state index in [1.54, 1.807) is 36.4 Å². The first kappa shape index (κ1) is 30.0. The van der Waals surface area contributed by atoms with Gasteiger partial charge in [-0.15, -0.1) is 0 Å². The molecule has 2 aromatic carbocycles. The van der Waals surface area contributed by atoms with Crippen molar-refractivity contribution in [2.24, 2.45) is 0 Å². The molecule has 8 nitrogen and oxygen atoms in total. The van der Waals surface area contributed by atoms with E-state index in [4.69, 9.17) is 9.47 Å². The van der Waals surface area contributed by atoms with E-state index in [2.05, 4.69) is 29.8 Å². The van der Waals surface area contributed by atoms with Gasteiger partial charge in [0.2, 0.25) is 0 Å². The van der Waals surface area contributed by atoms with Gasteiger partial charge in [0.25, 0.3) is 5.91 Å². The lowest BCUT2D eigenvalue weighted by molar-refractivity contribution is 0.0407. The van der Waals surface area contributed by atoms with Crippen molar-refractivity contribution in [3.63, 3.8) is 0 Å². The Morgan fingerprint density at radius 3 is 2.16 bits per heavy atom. The number of phenols is 1. The molecule has 0 aromatic heterocycles. The van der Waals surface area contributed by atoms with Crippen molar-refractivity contribution in [1.29, 1.82) is 0 Å². The number of unbranched alkanes of at least 4 members (excludes halogenated alkanes) is 5. The van der Waals surface area contributed by atoms with Crippen LogP contribution in [0.25, 0.3) is 0 Å². The van der Waals surface area contributed by atoms with E-state index in [-0.39, 0.29) is 24.4 Å². The Labute approximate surface area is 221 Å². The van der Waals surface area contributed by atoms with Crippen LogP contribution in [0.4, 0.5) is 4.79 Å². The fourth-order valence-corrected chi connectivity index (χ4v) is 3.75. The van der Waals surface area contributed by atoms with E-state index < -0.39 is 0 Å². The number of urea groups is 1. The SMILES string of the molecule is CCCCCC(CC)OCCCCCCNC(=O)NCNC(=O)c1ccc(Oc2ccc(O)cc2)cc1. The molecule has 37 heavy (non-hydrogen) atoms. The zero-order valence-electron chi connectivity index (χ0n) is 22.3. The van der Waals surface area contributed by atoms with Crippen molar-refractivity contribution >= 4 is 11.9 Å². The number of carbonyl (C=O) groups excluding carboxylic acids is 2. The molecular weight excluding hydrogens is 470 g/mol. The third-order valence-corrected chi connectivity index (χ3v) is 5.98. The van der Waals surface area contributed by atoms with E-state index in [1.165, 1.54) is 31.4 Å². The monoisotopic (exact) mass is 513 g/mol. The maximum atomic E-state index is 12.3. The van der Waals surface area contributed by atoms with E-state index in [9.17, 15) is 14.7 Å². The minimum absolute atomic E-state index is 0.0324. The Balaban J connectivity index is 1.50. The van der Waals surface area contributed by atoms with Crippen LogP contribution in [0, 0.1) is 0 Å². The molecule has 8 heteroatoms. The minimum Gasteiger partial charge on any atom is -0.508 e. The van der Waals surface area contributed by atoms with E-state index in [0.717, 1.165) is 45.1 Å². The van der Waals surface area contributed by atoms with Crippen molar-refractivity contribution in [2.45, 2.75) is 77.7 Å². The van der Waals surface area contributed by atoms with Crippen LogP contribution >= 0.6 is 0 Å². The largest absolute Gasteiger partial charge is 0.508 e. The van der Waals surface area contributed by atoms with E-state index >= 15 is 0 Å². The van der Waals surface area contributed by atoms with Gasteiger partial charge in [0.1, 0.15) is 17.2 Å². The first-order valence-electron chi connectivity index (χ1n) is 13.5. The molecule has 0 saturated heterocycles. The Bertz CT molecular complexity index is 903. The van der Waals surface area contributed by atoms with Gasteiger partial charge < -0.3 is 30.5 Å². The summed E-state index contributed by atoms with van der Waals surface area (Å²) in [7, 11) is 0. The predicted octanol–water partition coefficient (Wildman–Crippen LogP) is 6.11. The minimum atomic E-state index is -0.306. The smallest absolute Gasteiger partial charge is 0.316 e. The maximum Gasteiger partial charge on any atom is 0.316 e. The highest BCUT2D eigenvalue weighted by atomic mass is 16.5. The quantitative estimate of drug-likeness (QED) is 0.142. The number of rotatable bonds is 18. The van der Waals surface area contributed by atoms with Gasteiger partial charge >= 0.3 is 6.03 Å². The number of ether oxygens (including phenoxy) is 2. The number of aromatic hydroxyl groups is 1. The molecule has 1 unspecified atom stereocenters. The molecule has 0 saturated carbocycles. The molecular formula is C29H43N3O5. The number of carbonyl (C=O) groups is 2. The molecule has 4 N–H and O–H groups in total. The highest BCUT2D eigenvalue weighted by Gasteiger charge is 2.08. The third kappa shape index (κ3) is 13.0.